The van der Waals surface area contributed by atoms with E-state index in [4.69, 9.17) is 9.47 Å². The first-order chi connectivity index (χ1) is 20.1. The molecule has 3 rings (SSSR count). The van der Waals surface area contributed by atoms with Crippen LogP contribution in [0, 0.1) is 11.8 Å². The van der Waals surface area contributed by atoms with Gasteiger partial charge in [0.2, 0.25) is 0 Å². The standard InChI is InChI=1S/C20H38O7S.C12H9NS.Na/c1-5-9-11-16(7-3)14-26-19(21)13-18(28(23,24)25)20(22)27-15-17(8-4)12-10-6-2;1-3-7-11-9(5-1)13-10-6-2-4-8-12(10)14-11;/h16-18H,5-15H2,1-4H3,(H,23,24,25);1-8,13H;/q;;+1/p-1. The van der Waals surface area contributed by atoms with Gasteiger partial charge in [-0.3, -0.25) is 9.59 Å². The van der Waals surface area contributed by atoms with Crippen molar-refractivity contribution in [1.82, 2.24) is 0 Å². The van der Waals surface area contributed by atoms with Crippen LogP contribution in [0.5, 0.6) is 0 Å². The zero-order chi connectivity index (χ0) is 31.0. The Balaban J connectivity index is 0.000000506. The van der Waals surface area contributed by atoms with Crippen LogP contribution in [0.3, 0.4) is 0 Å². The number of fused-ring (bicyclic) bond motifs is 2. The molecule has 11 heteroatoms. The number of para-hydroxylation sites is 2. The Labute approximate surface area is 284 Å². The van der Waals surface area contributed by atoms with Gasteiger partial charge in [0, 0.05) is 9.79 Å². The molecule has 3 atom stereocenters. The van der Waals surface area contributed by atoms with Gasteiger partial charge in [-0.2, -0.15) is 0 Å². The summed E-state index contributed by atoms with van der Waals surface area (Å²) in [4.78, 5) is 26.7. The molecule has 1 aliphatic rings. The molecule has 0 amide bonds. The van der Waals surface area contributed by atoms with Gasteiger partial charge in [-0.15, -0.1) is 0 Å². The van der Waals surface area contributed by atoms with E-state index in [0.29, 0.717) is 0 Å². The molecule has 0 spiro atoms. The maximum Gasteiger partial charge on any atom is 1.00 e. The molecular formula is C32H46NNaO7S2. The first-order valence-electron chi connectivity index (χ1n) is 15.0. The van der Waals surface area contributed by atoms with E-state index in [1.807, 2.05) is 25.6 Å². The van der Waals surface area contributed by atoms with Crippen LogP contribution in [-0.2, 0) is 29.2 Å². The summed E-state index contributed by atoms with van der Waals surface area (Å²) in [5.74, 6) is -1.74. The van der Waals surface area contributed by atoms with Gasteiger partial charge < -0.3 is 19.3 Å². The number of carbonyl (C=O) groups excluding carboxylic acids is 2. The van der Waals surface area contributed by atoms with Crippen molar-refractivity contribution in [2.24, 2.45) is 11.8 Å². The number of ether oxygens (including phenoxy) is 2. The van der Waals surface area contributed by atoms with Gasteiger partial charge in [0.05, 0.1) is 31.0 Å². The average molecular weight is 644 g/mol. The molecule has 234 valence electrons. The average Bonchev–Trinajstić information content (AvgIpc) is 2.98. The predicted molar refractivity (Wildman–Crippen MR) is 167 cm³/mol. The van der Waals surface area contributed by atoms with Gasteiger partial charge in [0.15, 0.2) is 5.25 Å². The quantitative estimate of drug-likeness (QED) is 0.134. The number of rotatable bonds is 16. The molecule has 2 aromatic rings. The van der Waals surface area contributed by atoms with Crippen LogP contribution in [0.2, 0.25) is 0 Å². The van der Waals surface area contributed by atoms with Crippen LogP contribution in [-0.4, -0.2) is 43.4 Å². The van der Waals surface area contributed by atoms with E-state index in [9.17, 15) is 22.6 Å². The molecule has 43 heavy (non-hydrogen) atoms. The van der Waals surface area contributed by atoms with E-state index in [2.05, 4.69) is 67.7 Å². The Bertz CT molecular complexity index is 1140. The van der Waals surface area contributed by atoms with Crippen LogP contribution >= 0.6 is 11.8 Å². The molecule has 0 aliphatic carbocycles. The van der Waals surface area contributed by atoms with Crippen LogP contribution in [0.4, 0.5) is 11.4 Å². The molecule has 0 aromatic heterocycles. The fourth-order valence-corrected chi connectivity index (χ4v) is 6.03. The second kappa shape index (κ2) is 21.2. The molecule has 0 saturated carbocycles. The van der Waals surface area contributed by atoms with Crippen molar-refractivity contribution >= 4 is 45.2 Å². The third-order valence-electron chi connectivity index (χ3n) is 7.25. The molecule has 1 N–H and O–H groups in total. The Morgan fingerprint density at radius 2 is 1.28 bits per heavy atom. The Hall–Kier alpha value is -1.56. The maximum absolute atomic E-state index is 12.1. The summed E-state index contributed by atoms with van der Waals surface area (Å²) >= 11 is 1.82. The van der Waals surface area contributed by atoms with Gasteiger partial charge in [0.25, 0.3) is 0 Å². The molecule has 0 bridgehead atoms. The zero-order valence-corrected chi connectivity index (χ0v) is 29.9. The SMILES string of the molecule is CCCCC(CC)COC(=O)CC(C(=O)OCC(CC)CCCC)S(=O)(=O)[O-].[Na+].c1ccc2c(c1)Nc1ccccc1S2. The smallest absolute Gasteiger partial charge is 0.747 e. The third-order valence-corrected chi connectivity index (χ3v) is 9.46. The number of esters is 2. The minimum Gasteiger partial charge on any atom is -0.747 e. The normalized spacial score (nSPS) is 13.8. The summed E-state index contributed by atoms with van der Waals surface area (Å²) in [7, 11) is -5.01. The van der Waals surface area contributed by atoms with Crippen molar-refractivity contribution in [2.45, 2.75) is 101 Å². The summed E-state index contributed by atoms with van der Waals surface area (Å²) in [6.07, 6.45) is 6.58. The number of hydrogen-bond acceptors (Lipinski definition) is 9. The van der Waals surface area contributed by atoms with Gasteiger partial charge in [-0.1, -0.05) is 102 Å². The summed E-state index contributed by atoms with van der Waals surface area (Å²) in [5.41, 5.74) is 2.41. The molecule has 0 radical (unpaired) electrons. The van der Waals surface area contributed by atoms with E-state index in [-0.39, 0.29) is 54.6 Å². The fourth-order valence-electron chi connectivity index (χ4n) is 4.39. The zero-order valence-electron chi connectivity index (χ0n) is 26.3. The van der Waals surface area contributed by atoms with Crippen LogP contribution < -0.4 is 34.9 Å². The number of benzene rings is 2. The first kappa shape index (κ1) is 39.5. The summed E-state index contributed by atoms with van der Waals surface area (Å²) in [6.45, 7) is 8.26. The molecule has 1 aliphatic heterocycles. The van der Waals surface area contributed by atoms with Crippen LogP contribution in [0.15, 0.2) is 58.3 Å². The number of hydrogen-bond donors (Lipinski definition) is 1. The molecule has 1 heterocycles. The van der Waals surface area contributed by atoms with Gasteiger partial charge in [-0.05, 0) is 48.9 Å². The van der Waals surface area contributed by atoms with E-state index < -0.39 is 33.7 Å². The summed E-state index contributed by atoms with van der Waals surface area (Å²) in [6, 6.07) is 16.8. The summed E-state index contributed by atoms with van der Waals surface area (Å²) in [5, 5.41) is 1.36. The molecular weight excluding hydrogens is 597 g/mol. The number of unbranched alkanes of at least 4 members (excludes halogenated alkanes) is 2. The monoisotopic (exact) mass is 643 g/mol. The van der Waals surface area contributed by atoms with Crippen LogP contribution in [0.1, 0.15) is 85.5 Å². The molecule has 3 unspecified atom stereocenters. The molecule has 0 saturated heterocycles. The van der Waals surface area contributed by atoms with E-state index in [0.717, 1.165) is 51.4 Å². The van der Waals surface area contributed by atoms with E-state index in [1.54, 1.807) is 0 Å². The first-order valence-corrected chi connectivity index (χ1v) is 17.3. The summed E-state index contributed by atoms with van der Waals surface area (Å²) < 4.78 is 44.6. The number of nitrogens with one attached hydrogen (secondary N) is 1. The fraction of sp³-hybridized carbons (Fsp3) is 0.562. The topological polar surface area (TPSA) is 122 Å². The molecule has 0 fully saturated rings. The minimum absolute atomic E-state index is 0. The Kier molecular flexibility index (Phi) is 19.5. The van der Waals surface area contributed by atoms with Gasteiger partial charge in [-0.25, -0.2) is 8.42 Å². The molecule has 2 aromatic carbocycles. The van der Waals surface area contributed by atoms with Crippen molar-refractivity contribution in [3.8, 4) is 0 Å². The van der Waals surface area contributed by atoms with Crippen molar-refractivity contribution < 1.29 is 61.6 Å². The predicted octanol–water partition coefficient (Wildman–Crippen LogP) is 4.71. The minimum atomic E-state index is -5.01. The van der Waals surface area contributed by atoms with Crippen molar-refractivity contribution in [2.75, 3.05) is 18.5 Å². The third kappa shape index (κ3) is 14.4. The van der Waals surface area contributed by atoms with Gasteiger partial charge in [0.1, 0.15) is 10.1 Å². The van der Waals surface area contributed by atoms with E-state index >= 15 is 0 Å². The van der Waals surface area contributed by atoms with Crippen molar-refractivity contribution in [3.05, 3.63) is 48.5 Å². The number of anilines is 2. The number of carbonyl (C=O) groups is 2. The largest absolute Gasteiger partial charge is 1.00 e. The van der Waals surface area contributed by atoms with Crippen molar-refractivity contribution in [1.29, 1.82) is 0 Å². The Morgan fingerprint density at radius 1 is 0.814 bits per heavy atom. The second-order valence-corrected chi connectivity index (χ2v) is 13.2. The Morgan fingerprint density at radius 3 is 1.72 bits per heavy atom. The van der Waals surface area contributed by atoms with E-state index in [1.165, 1.54) is 21.2 Å². The molecule has 8 nitrogen and oxygen atoms in total. The van der Waals surface area contributed by atoms with Gasteiger partial charge >= 0.3 is 41.5 Å². The van der Waals surface area contributed by atoms with Crippen molar-refractivity contribution in [3.63, 3.8) is 0 Å². The second-order valence-electron chi connectivity index (χ2n) is 10.6. The maximum atomic E-state index is 12.1. The van der Waals surface area contributed by atoms with Crippen LogP contribution in [0.25, 0.3) is 0 Å².